The first-order valence-electron chi connectivity index (χ1n) is 5.36. The Kier molecular flexibility index (Phi) is 3.76. The van der Waals surface area contributed by atoms with Crippen molar-refractivity contribution in [1.29, 1.82) is 0 Å². The Morgan fingerprint density at radius 1 is 1.47 bits per heavy atom. The summed E-state index contributed by atoms with van der Waals surface area (Å²) >= 11 is 1.24. The van der Waals surface area contributed by atoms with E-state index in [1.54, 1.807) is 35.4 Å². The quantitative estimate of drug-likeness (QED) is 0.835. The largest absolute Gasteiger partial charge is 0.478 e. The van der Waals surface area contributed by atoms with Gasteiger partial charge in [0.2, 0.25) is 0 Å². The lowest BCUT2D eigenvalue weighted by Crippen LogP contribution is -2.12. The molecule has 0 saturated carbocycles. The number of aryl methyl sites for hydroxylation is 1. The highest BCUT2D eigenvalue weighted by Gasteiger charge is 2.12. The van der Waals surface area contributed by atoms with Crippen molar-refractivity contribution in [3.8, 4) is 0 Å². The smallest absolute Gasteiger partial charge is 0.328 e. The average molecular weight is 277 g/mol. The number of carbonyl (C=O) groups excluding carboxylic acids is 1. The van der Waals surface area contributed by atoms with Gasteiger partial charge in [0.15, 0.2) is 5.82 Å². The molecule has 7 heteroatoms. The van der Waals surface area contributed by atoms with E-state index >= 15 is 0 Å². The van der Waals surface area contributed by atoms with E-state index in [2.05, 4.69) is 10.4 Å². The molecule has 0 spiro atoms. The van der Waals surface area contributed by atoms with Crippen molar-refractivity contribution in [2.75, 3.05) is 5.32 Å². The molecule has 1 amide bonds. The second-order valence-electron chi connectivity index (χ2n) is 3.71. The molecule has 0 radical (unpaired) electrons. The summed E-state index contributed by atoms with van der Waals surface area (Å²) in [6.45, 7) is 0. The van der Waals surface area contributed by atoms with Gasteiger partial charge in [-0.25, -0.2) is 4.79 Å². The van der Waals surface area contributed by atoms with E-state index in [1.165, 1.54) is 17.4 Å². The molecule has 2 aromatic heterocycles. The number of carboxylic acids is 1. The molecular weight excluding hydrogens is 266 g/mol. The molecule has 2 rings (SSSR count). The van der Waals surface area contributed by atoms with Crippen molar-refractivity contribution in [3.63, 3.8) is 0 Å². The fourth-order valence-corrected chi connectivity index (χ4v) is 2.23. The first-order chi connectivity index (χ1) is 9.06. The molecule has 0 aliphatic rings. The molecular formula is C12H11N3O3S. The summed E-state index contributed by atoms with van der Waals surface area (Å²) in [6, 6.07) is 3.37. The third kappa shape index (κ3) is 3.29. The number of nitrogens with zero attached hydrogens (tertiary/aromatic N) is 2. The summed E-state index contributed by atoms with van der Waals surface area (Å²) in [7, 11) is 1.75. The summed E-state index contributed by atoms with van der Waals surface area (Å²) in [6.07, 6.45) is 4.11. The van der Waals surface area contributed by atoms with Crippen LogP contribution in [0.2, 0.25) is 0 Å². The Hall–Kier alpha value is -2.41. The second-order valence-corrected chi connectivity index (χ2v) is 4.62. The number of nitrogens with one attached hydrogen (secondary N) is 1. The number of amides is 1. The molecule has 98 valence electrons. The van der Waals surface area contributed by atoms with Gasteiger partial charge < -0.3 is 10.4 Å². The van der Waals surface area contributed by atoms with Crippen LogP contribution in [0.1, 0.15) is 15.2 Å². The number of hydrogen-bond donors (Lipinski definition) is 2. The molecule has 0 bridgehead atoms. The molecule has 0 aliphatic heterocycles. The zero-order valence-electron chi connectivity index (χ0n) is 10.0. The Morgan fingerprint density at radius 2 is 2.26 bits per heavy atom. The van der Waals surface area contributed by atoms with Crippen molar-refractivity contribution in [2.45, 2.75) is 0 Å². The minimum Gasteiger partial charge on any atom is -0.478 e. The second kappa shape index (κ2) is 5.49. The molecule has 0 aliphatic carbocycles. The number of thiophene rings is 1. The number of carboxylic acid groups (broad SMARTS) is 1. The predicted molar refractivity (Wildman–Crippen MR) is 72.2 cm³/mol. The van der Waals surface area contributed by atoms with Crippen LogP contribution in [0.5, 0.6) is 0 Å². The fraction of sp³-hybridized carbons (Fsp3) is 0.0833. The third-order valence-corrected chi connectivity index (χ3v) is 3.19. The van der Waals surface area contributed by atoms with E-state index in [4.69, 9.17) is 5.11 Å². The van der Waals surface area contributed by atoms with Gasteiger partial charge in [-0.05, 0) is 23.1 Å². The summed E-state index contributed by atoms with van der Waals surface area (Å²) in [5.41, 5.74) is 0.570. The standard InChI is InChI=1S/C12H11N3O3S/c1-15-6-4-9(14-15)13-12(18)11-8(5-7-19-11)2-3-10(16)17/h2-7H,1H3,(H,16,17)(H,13,14,18). The molecule has 6 nitrogen and oxygen atoms in total. The Balaban J connectivity index is 2.15. The van der Waals surface area contributed by atoms with Crippen molar-refractivity contribution in [2.24, 2.45) is 7.05 Å². The van der Waals surface area contributed by atoms with E-state index in [0.717, 1.165) is 6.08 Å². The lowest BCUT2D eigenvalue weighted by atomic mass is 10.2. The summed E-state index contributed by atoms with van der Waals surface area (Å²) in [5, 5.41) is 17.0. The minimum absolute atomic E-state index is 0.307. The number of aromatic nitrogens is 2. The molecule has 0 fully saturated rings. The Labute approximate surface area is 113 Å². The number of rotatable bonds is 4. The van der Waals surface area contributed by atoms with E-state index in [1.807, 2.05) is 0 Å². The maximum absolute atomic E-state index is 12.0. The lowest BCUT2D eigenvalue weighted by Gasteiger charge is -2.00. The normalized spacial score (nSPS) is 10.8. The minimum atomic E-state index is -1.05. The van der Waals surface area contributed by atoms with Gasteiger partial charge in [0.1, 0.15) is 0 Å². The maximum atomic E-state index is 12.0. The summed E-state index contributed by atoms with van der Waals surface area (Å²) < 4.78 is 1.58. The van der Waals surface area contributed by atoms with Crippen molar-refractivity contribution in [3.05, 3.63) is 40.2 Å². The van der Waals surface area contributed by atoms with Crippen molar-refractivity contribution < 1.29 is 14.7 Å². The Bertz CT molecular complexity index is 642. The number of aliphatic carboxylic acids is 1. The topological polar surface area (TPSA) is 84.2 Å². The molecule has 0 unspecified atom stereocenters. The van der Waals surface area contributed by atoms with Gasteiger partial charge in [-0.2, -0.15) is 5.10 Å². The van der Waals surface area contributed by atoms with Gasteiger partial charge in [0.25, 0.3) is 5.91 Å². The first kappa shape index (κ1) is 13.0. The van der Waals surface area contributed by atoms with Crippen LogP contribution in [0.25, 0.3) is 6.08 Å². The fourth-order valence-electron chi connectivity index (χ4n) is 1.45. The molecule has 19 heavy (non-hydrogen) atoms. The summed E-state index contributed by atoms with van der Waals surface area (Å²) in [4.78, 5) is 22.9. The van der Waals surface area contributed by atoms with Gasteiger partial charge in [-0.1, -0.05) is 0 Å². The van der Waals surface area contributed by atoms with Crippen LogP contribution < -0.4 is 5.32 Å². The van der Waals surface area contributed by atoms with E-state index < -0.39 is 5.97 Å². The Morgan fingerprint density at radius 3 is 2.89 bits per heavy atom. The van der Waals surface area contributed by atoms with Crippen LogP contribution >= 0.6 is 11.3 Å². The highest BCUT2D eigenvalue weighted by molar-refractivity contribution is 7.12. The maximum Gasteiger partial charge on any atom is 0.328 e. The molecule has 0 aromatic carbocycles. The van der Waals surface area contributed by atoms with Crippen molar-refractivity contribution >= 4 is 35.1 Å². The molecule has 0 atom stereocenters. The molecule has 2 N–H and O–H groups in total. The molecule has 0 saturated heterocycles. The number of anilines is 1. The van der Waals surface area contributed by atoms with Crippen LogP contribution in [0.3, 0.4) is 0 Å². The van der Waals surface area contributed by atoms with Crippen LogP contribution in [0.4, 0.5) is 5.82 Å². The van der Waals surface area contributed by atoms with Crippen LogP contribution in [0.15, 0.2) is 29.8 Å². The van der Waals surface area contributed by atoms with Gasteiger partial charge in [-0.3, -0.25) is 9.48 Å². The monoisotopic (exact) mass is 277 g/mol. The van der Waals surface area contributed by atoms with Gasteiger partial charge in [-0.15, -0.1) is 11.3 Å². The SMILES string of the molecule is Cn1ccc(NC(=O)c2sccc2C=CC(=O)O)n1. The van der Waals surface area contributed by atoms with Crippen LogP contribution in [0, 0.1) is 0 Å². The van der Waals surface area contributed by atoms with E-state index in [0.29, 0.717) is 16.3 Å². The van der Waals surface area contributed by atoms with Crippen LogP contribution in [-0.4, -0.2) is 26.8 Å². The molecule has 2 heterocycles. The first-order valence-corrected chi connectivity index (χ1v) is 6.24. The zero-order valence-corrected chi connectivity index (χ0v) is 10.8. The number of carbonyl (C=O) groups is 2. The van der Waals surface area contributed by atoms with Gasteiger partial charge >= 0.3 is 5.97 Å². The molecule has 2 aromatic rings. The summed E-state index contributed by atoms with van der Waals surface area (Å²) in [5.74, 6) is -0.907. The lowest BCUT2D eigenvalue weighted by molar-refractivity contribution is -0.131. The average Bonchev–Trinajstić information content (AvgIpc) is 2.95. The van der Waals surface area contributed by atoms with E-state index in [-0.39, 0.29) is 5.91 Å². The van der Waals surface area contributed by atoms with Crippen LogP contribution in [-0.2, 0) is 11.8 Å². The highest BCUT2D eigenvalue weighted by Crippen LogP contribution is 2.19. The van der Waals surface area contributed by atoms with Crippen molar-refractivity contribution in [1.82, 2.24) is 9.78 Å². The van der Waals surface area contributed by atoms with Gasteiger partial charge in [0.05, 0.1) is 4.88 Å². The highest BCUT2D eigenvalue weighted by atomic mass is 32.1. The predicted octanol–water partition coefficient (Wildman–Crippen LogP) is 1.83. The third-order valence-electron chi connectivity index (χ3n) is 2.26. The number of hydrogen-bond acceptors (Lipinski definition) is 4. The van der Waals surface area contributed by atoms with Gasteiger partial charge in [0, 0.05) is 25.4 Å². The zero-order chi connectivity index (χ0) is 13.8. The van der Waals surface area contributed by atoms with E-state index in [9.17, 15) is 9.59 Å².